The van der Waals surface area contributed by atoms with Gasteiger partial charge in [-0.2, -0.15) is 0 Å². The van der Waals surface area contributed by atoms with E-state index in [4.69, 9.17) is 14.2 Å². The lowest BCUT2D eigenvalue weighted by atomic mass is 10.1. The van der Waals surface area contributed by atoms with E-state index in [0.717, 1.165) is 10.0 Å². The normalized spacial score (nSPS) is 10.1. The third-order valence-electron chi connectivity index (χ3n) is 3.36. The minimum absolute atomic E-state index is 0.0527. The molecule has 6 heteroatoms. The lowest BCUT2D eigenvalue weighted by molar-refractivity contribution is -0.120. The van der Waals surface area contributed by atoms with Crippen LogP contribution in [0.15, 0.2) is 46.9 Å². The van der Waals surface area contributed by atoms with Gasteiger partial charge in [0.05, 0.1) is 27.2 Å². The van der Waals surface area contributed by atoms with Crippen LogP contribution in [0.3, 0.4) is 0 Å². The number of rotatable bonds is 8. The zero-order chi connectivity index (χ0) is 17.4. The Kier molecular flexibility index (Phi) is 6.93. The fraction of sp³-hybridized carbons (Fsp3) is 0.278. The molecule has 0 aromatic heterocycles. The van der Waals surface area contributed by atoms with E-state index in [0.29, 0.717) is 36.8 Å². The highest BCUT2D eigenvalue weighted by atomic mass is 79.9. The number of carbonyl (C=O) groups is 1. The monoisotopic (exact) mass is 393 g/mol. The van der Waals surface area contributed by atoms with Crippen molar-refractivity contribution in [2.75, 3.05) is 27.4 Å². The topological polar surface area (TPSA) is 56.8 Å². The van der Waals surface area contributed by atoms with E-state index in [2.05, 4.69) is 21.2 Å². The quantitative estimate of drug-likeness (QED) is 0.699. The summed E-state index contributed by atoms with van der Waals surface area (Å²) in [6, 6.07) is 13.1. The summed E-state index contributed by atoms with van der Waals surface area (Å²) in [5.74, 6) is 1.67. The Hall–Kier alpha value is -2.21. The van der Waals surface area contributed by atoms with Crippen LogP contribution in [-0.2, 0) is 11.2 Å². The van der Waals surface area contributed by atoms with E-state index in [9.17, 15) is 4.79 Å². The molecule has 0 bridgehead atoms. The van der Waals surface area contributed by atoms with Crippen molar-refractivity contribution in [1.29, 1.82) is 0 Å². The molecule has 0 unspecified atom stereocenters. The molecule has 128 valence electrons. The second kappa shape index (κ2) is 9.17. The fourth-order valence-corrected chi connectivity index (χ4v) is 2.62. The smallest absolute Gasteiger partial charge is 0.224 e. The summed E-state index contributed by atoms with van der Waals surface area (Å²) in [7, 11) is 3.13. The third-order valence-corrected chi connectivity index (χ3v) is 4.13. The first-order chi connectivity index (χ1) is 11.7. The predicted molar refractivity (Wildman–Crippen MR) is 95.9 cm³/mol. The van der Waals surface area contributed by atoms with Crippen molar-refractivity contribution < 1.29 is 19.0 Å². The Morgan fingerprint density at radius 2 is 1.79 bits per heavy atom. The molecule has 5 nitrogen and oxygen atoms in total. The number of hydrogen-bond donors (Lipinski definition) is 1. The lowest BCUT2D eigenvalue weighted by Crippen LogP contribution is -2.29. The Bertz CT molecular complexity index is 690. The highest BCUT2D eigenvalue weighted by Crippen LogP contribution is 2.36. The Morgan fingerprint density at radius 1 is 1.04 bits per heavy atom. The summed E-state index contributed by atoms with van der Waals surface area (Å²) in [5.41, 5.74) is 0.949. The summed E-state index contributed by atoms with van der Waals surface area (Å²) in [4.78, 5) is 12.0. The van der Waals surface area contributed by atoms with E-state index < -0.39 is 0 Å². The van der Waals surface area contributed by atoms with Gasteiger partial charge >= 0.3 is 0 Å². The van der Waals surface area contributed by atoms with Crippen molar-refractivity contribution in [3.63, 3.8) is 0 Å². The van der Waals surface area contributed by atoms with Crippen LogP contribution in [0.25, 0.3) is 0 Å². The van der Waals surface area contributed by atoms with E-state index in [-0.39, 0.29) is 5.91 Å². The van der Waals surface area contributed by atoms with Gasteiger partial charge in [0.2, 0.25) is 11.7 Å². The molecule has 0 atom stereocenters. The maximum Gasteiger partial charge on any atom is 0.224 e. The highest BCUT2D eigenvalue weighted by Gasteiger charge is 2.11. The van der Waals surface area contributed by atoms with Gasteiger partial charge in [-0.05, 0) is 23.8 Å². The first-order valence-corrected chi connectivity index (χ1v) is 8.29. The van der Waals surface area contributed by atoms with E-state index in [1.165, 1.54) is 0 Å². The van der Waals surface area contributed by atoms with Crippen LogP contribution in [0.4, 0.5) is 0 Å². The van der Waals surface area contributed by atoms with Gasteiger partial charge in [-0.1, -0.05) is 40.2 Å². The number of amides is 1. The van der Waals surface area contributed by atoms with E-state index in [1.54, 1.807) is 26.4 Å². The minimum Gasteiger partial charge on any atom is -0.493 e. The van der Waals surface area contributed by atoms with Crippen molar-refractivity contribution >= 4 is 21.8 Å². The summed E-state index contributed by atoms with van der Waals surface area (Å²) in [6.45, 7) is 0.745. The van der Waals surface area contributed by atoms with Gasteiger partial charge < -0.3 is 19.5 Å². The van der Waals surface area contributed by atoms with Crippen LogP contribution in [0.2, 0.25) is 0 Å². The molecule has 0 radical (unpaired) electrons. The molecule has 0 heterocycles. The molecule has 0 aliphatic heterocycles. The van der Waals surface area contributed by atoms with Crippen LogP contribution in [-0.4, -0.2) is 33.3 Å². The van der Waals surface area contributed by atoms with Gasteiger partial charge in [-0.15, -0.1) is 0 Å². The van der Waals surface area contributed by atoms with Crippen LogP contribution in [0.5, 0.6) is 17.2 Å². The zero-order valence-electron chi connectivity index (χ0n) is 13.7. The van der Waals surface area contributed by atoms with Gasteiger partial charge in [0.15, 0.2) is 11.5 Å². The number of benzene rings is 2. The van der Waals surface area contributed by atoms with Crippen molar-refractivity contribution in [1.82, 2.24) is 5.32 Å². The first kappa shape index (κ1) is 18.1. The summed E-state index contributed by atoms with van der Waals surface area (Å²) >= 11 is 3.44. The molecule has 2 aromatic rings. The number of carbonyl (C=O) groups excluding carboxylic acids is 1. The number of methoxy groups -OCH3 is 2. The maximum absolute atomic E-state index is 12.0. The average molecular weight is 394 g/mol. The molecule has 2 rings (SSSR count). The average Bonchev–Trinajstić information content (AvgIpc) is 2.60. The lowest BCUT2D eigenvalue weighted by Gasteiger charge is -2.13. The molecule has 24 heavy (non-hydrogen) atoms. The maximum atomic E-state index is 12.0. The number of halogens is 1. The Morgan fingerprint density at radius 3 is 2.50 bits per heavy atom. The summed E-state index contributed by atoms with van der Waals surface area (Å²) < 4.78 is 17.1. The minimum atomic E-state index is -0.0527. The third kappa shape index (κ3) is 4.89. The molecule has 0 fully saturated rings. The SMILES string of the molecule is COc1cccc(OCCNC(=O)Cc2ccccc2Br)c1OC. The highest BCUT2D eigenvalue weighted by molar-refractivity contribution is 9.10. The second-order valence-corrected chi connectivity index (χ2v) is 5.81. The summed E-state index contributed by atoms with van der Waals surface area (Å²) in [6.07, 6.45) is 0.323. The Labute approximate surface area is 150 Å². The number of hydrogen-bond acceptors (Lipinski definition) is 4. The van der Waals surface area contributed by atoms with Crippen molar-refractivity contribution in [2.45, 2.75) is 6.42 Å². The van der Waals surface area contributed by atoms with E-state index in [1.807, 2.05) is 30.3 Å². The van der Waals surface area contributed by atoms with Gasteiger partial charge in [0.1, 0.15) is 6.61 Å². The molecule has 0 saturated carbocycles. The second-order valence-electron chi connectivity index (χ2n) is 4.96. The van der Waals surface area contributed by atoms with Crippen LogP contribution >= 0.6 is 15.9 Å². The van der Waals surface area contributed by atoms with Crippen LogP contribution in [0.1, 0.15) is 5.56 Å². The molecule has 1 N–H and O–H groups in total. The summed E-state index contributed by atoms with van der Waals surface area (Å²) in [5, 5.41) is 2.84. The standard InChI is InChI=1S/C18H20BrNO4/c1-22-15-8-5-9-16(18(15)23-2)24-11-10-20-17(21)12-13-6-3-4-7-14(13)19/h3-9H,10-12H2,1-2H3,(H,20,21). The molecule has 0 aliphatic rings. The fourth-order valence-electron chi connectivity index (χ4n) is 2.20. The van der Waals surface area contributed by atoms with Crippen LogP contribution in [0, 0.1) is 0 Å². The van der Waals surface area contributed by atoms with Gasteiger partial charge in [-0.25, -0.2) is 0 Å². The molecule has 0 saturated heterocycles. The molecule has 1 amide bonds. The number of para-hydroxylation sites is 1. The molecule has 2 aromatic carbocycles. The molecular formula is C18H20BrNO4. The molecular weight excluding hydrogens is 374 g/mol. The zero-order valence-corrected chi connectivity index (χ0v) is 15.3. The number of nitrogens with one attached hydrogen (secondary N) is 1. The first-order valence-electron chi connectivity index (χ1n) is 7.49. The number of ether oxygens (including phenoxy) is 3. The van der Waals surface area contributed by atoms with Crippen molar-refractivity contribution in [3.8, 4) is 17.2 Å². The largest absolute Gasteiger partial charge is 0.493 e. The van der Waals surface area contributed by atoms with Gasteiger partial charge in [-0.3, -0.25) is 4.79 Å². The van der Waals surface area contributed by atoms with Crippen molar-refractivity contribution in [3.05, 3.63) is 52.5 Å². The van der Waals surface area contributed by atoms with Crippen molar-refractivity contribution in [2.24, 2.45) is 0 Å². The van der Waals surface area contributed by atoms with E-state index >= 15 is 0 Å². The Balaban J connectivity index is 1.81. The van der Waals surface area contributed by atoms with Gasteiger partial charge in [0, 0.05) is 4.47 Å². The predicted octanol–water partition coefficient (Wildman–Crippen LogP) is 3.20. The molecule has 0 spiro atoms. The van der Waals surface area contributed by atoms with Gasteiger partial charge in [0.25, 0.3) is 0 Å². The molecule has 0 aliphatic carbocycles. The van der Waals surface area contributed by atoms with Crippen LogP contribution < -0.4 is 19.5 Å².